The summed E-state index contributed by atoms with van der Waals surface area (Å²) in [6, 6.07) is 7.84. The molecule has 0 aliphatic heterocycles. The Hall–Kier alpha value is -2.37. The maximum atomic E-state index is 12.2. The quantitative estimate of drug-likeness (QED) is 0.896. The zero-order chi connectivity index (χ0) is 16.9. The smallest absolute Gasteiger partial charge is 0.319 e. The highest BCUT2D eigenvalue weighted by molar-refractivity contribution is 5.89. The summed E-state index contributed by atoms with van der Waals surface area (Å²) < 4.78 is 1.81. The van der Waals surface area contributed by atoms with Gasteiger partial charge < -0.3 is 10.6 Å². The van der Waals surface area contributed by atoms with Crippen LogP contribution in [-0.4, -0.2) is 27.1 Å². The summed E-state index contributed by atoms with van der Waals surface area (Å²) in [7, 11) is 0. The summed E-state index contributed by atoms with van der Waals surface area (Å²) in [6.07, 6.45) is 7.60. The highest BCUT2D eigenvalue weighted by Gasteiger charge is 2.16. The Morgan fingerprint density at radius 2 is 2.04 bits per heavy atom. The number of carbonyl (C=O) groups excluding carboxylic acids is 1. The lowest BCUT2D eigenvalue weighted by molar-refractivity contribution is 0.244. The fraction of sp³-hybridized carbons (Fsp3) is 0.500. The van der Waals surface area contributed by atoms with Crippen LogP contribution in [-0.2, 0) is 0 Å². The molecule has 0 radical (unpaired) electrons. The van der Waals surface area contributed by atoms with Gasteiger partial charge in [-0.15, -0.1) is 5.10 Å². The molecule has 1 heterocycles. The summed E-state index contributed by atoms with van der Waals surface area (Å²) in [5.74, 6) is 0.325. The van der Waals surface area contributed by atoms with Gasteiger partial charge in [0.15, 0.2) is 0 Å². The van der Waals surface area contributed by atoms with Gasteiger partial charge in [0.05, 0.1) is 17.6 Å². The summed E-state index contributed by atoms with van der Waals surface area (Å²) in [4.78, 5) is 12.2. The van der Waals surface area contributed by atoms with Crippen LogP contribution in [0.3, 0.4) is 0 Å². The second-order valence-corrected chi connectivity index (χ2v) is 6.71. The van der Waals surface area contributed by atoms with E-state index in [1.165, 1.54) is 19.3 Å². The number of carbonyl (C=O) groups is 1. The molecular formula is C18H25N5O. The molecule has 1 aromatic heterocycles. The van der Waals surface area contributed by atoms with Crippen molar-refractivity contribution in [3.63, 3.8) is 0 Å². The van der Waals surface area contributed by atoms with E-state index >= 15 is 0 Å². The van der Waals surface area contributed by atoms with Crippen LogP contribution in [0.15, 0.2) is 30.5 Å². The second-order valence-electron chi connectivity index (χ2n) is 6.71. The molecule has 24 heavy (non-hydrogen) atoms. The van der Waals surface area contributed by atoms with Crippen LogP contribution in [0.25, 0.3) is 5.69 Å². The standard InChI is InChI=1S/C18H25N5O/c1-13(2)17-12-19-22-23(17)16-10-6-9-15(11-16)21-18(24)20-14-7-4-3-5-8-14/h6,9-14H,3-5,7-8H2,1-2H3,(H2,20,21,24). The average Bonchev–Trinajstić information content (AvgIpc) is 3.06. The zero-order valence-electron chi connectivity index (χ0n) is 14.3. The van der Waals surface area contributed by atoms with E-state index in [0.29, 0.717) is 12.0 Å². The molecule has 128 valence electrons. The summed E-state index contributed by atoms with van der Waals surface area (Å²) >= 11 is 0. The molecular weight excluding hydrogens is 302 g/mol. The molecule has 1 fully saturated rings. The van der Waals surface area contributed by atoms with Crippen LogP contribution in [0.1, 0.15) is 57.6 Å². The van der Waals surface area contributed by atoms with Gasteiger partial charge in [-0.1, -0.05) is 44.4 Å². The Morgan fingerprint density at radius 3 is 2.79 bits per heavy atom. The zero-order valence-corrected chi connectivity index (χ0v) is 14.3. The van der Waals surface area contributed by atoms with Crippen LogP contribution in [0.4, 0.5) is 10.5 Å². The van der Waals surface area contributed by atoms with Gasteiger partial charge in [0.2, 0.25) is 0 Å². The number of nitrogens with one attached hydrogen (secondary N) is 2. The molecule has 6 heteroatoms. The van der Waals surface area contributed by atoms with E-state index in [4.69, 9.17) is 0 Å². The van der Waals surface area contributed by atoms with Crippen molar-refractivity contribution in [1.29, 1.82) is 0 Å². The number of hydrogen-bond acceptors (Lipinski definition) is 3. The fourth-order valence-corrected chi connectivity index (χ4v) is 3.15. The van der Waals surface area contributed by atoms with E-state index in [1.54, 1.807) is 6.20 Å². The molecule has 6 nitrogen and oxygen atoms in total. The van der Waals surface area contributed by atoms with Crippen LogP contribution in [0.5, 0.6) is 0 Å². The van der Waals surface area contributed by atoms with Gasteiger partial charge in [-0.3, -0.25) is 0 Å². The lowest BCUT2D eigenvalue weighted by Gasteiger charge is -2.23. The van der Waals surface area contributed by atoms with Crippen molar-refractivity contribution in [3.05, 3.63) is 36.2 Å². The fourth-order valence-electron chi connectivity index (χ4n) is 3.15. The van der Waals surface area contributed by atoms with E-state index in [-0.39, 0.29) is 6.03 Å². The number of nitrogens with zero attached hydrogens (tertiary/aromatic N) is 3. The Kier molecular flexibility index (Phi) is 5.13. The topological polar surface area (TPSA) is 71.8 Å². The molecule has 0 unspecified atom stereocenters. The van der Waals surface area contributed by atoms with Crippen LogP contribution in [0, 0.1) is 0 Å². The molecule has 2 amide bonds. The van der Waals surface area contributed by atoms with Gasteiger partial charge in [0.1, 0.15) is 0 Å². The second kappa shape index (κ2) is 7.47. The lowest BCUT2D eigenvalue weighted by Crippen LogP contribution is -2.39. The number of rotatable bonds is 4. The van der Waals surface area contributed by atoms with E-state index in [2.05, 4.69) is 34.8 Å². The summed E-state index contributed by atoms with van der Waals surface area (Å²) in [5, 5.41) is 14.2. The molecule has 3 rings (SSSR count). The van der Waals surface area contributed by atoms with E-state index in [1.807, 2.05) is 28.9 Å². The van der Waals surface area contributed by atoms with Crippen molar-refractivity contribution in [2.24, 2.45) is 0 Å². The van der Waals surface area contributed by atoms with Crippen molar-refractivity contribution in [1.82, 2.24) is 20.3 Å². The number of benzene rings is 1. The molecule has 1 aliphatic carbocycles. The van der Waals surface area contributed by atoms with Crippen LogP contribution < -0.4 is 10.6 Å². The number of aromatic nitrogens is 3. The third-order valence-corrected chi connectivity index (χ3v) is 4.46. The van der Waals surface area contributed by atoms with Gasteiger partial charge >= 0.3 is 6.03 Å². The Labute approximate surface area is 142 Å². The van der Waals surface area contributed by atoms with Crippen molar-refractivity contribution < 1.29 is 4.79 Å². The first kappa shape index (κ1) is 16.5. The minimum Gasteiger partial charge on any atom is -0.335 e. The third kappa shape index (κ3) is 3.93. The maximum absolute atomic E-state index is 12.2. The molecule has 2 aromatic rings. The monoisotopic (exact) mass is 327 g/mol. The number of amides is 2. The lowest BCUT2D eigenvalue weighted by atomic mass is 9.96. The van der Waals surface area contributed by atoms with E-state index in [0.717, 1.165) is 29.9 Å². The van der Waals surface area contributed by atoms with Crippen molar-refractivity contribution in [2.75, 3.05) is 5.32 Å². The first-order chi connectivity index (χ1) is 11.6. The third-order valence-electron chi connectivity index (χ3n) is 4.46. The van der Waals surface area contributed by atoms with Gasteiger partial charge in [-0.05, 0) is 37.0 Å². The number of anilines is 1. The predicted octanol–water partition coefficient (Wildman–Crippen LogP) is 3.84. The van der Waals surface area contributed by atoms with Crippen molar-refractivity contribution in [3.8, 4) is 5.69 Å². The number of urea groups is 1. The van der Waals surface area contributed by atoms with Crippen LogP contribution >= 0.6 is 0 Å². The molecule has 0 spiro atoms. The molecule has 0 atom stereocenters. The van der Waals surface area contributed by atoms with Gasteiger partial charge in [0, 0.05) is 11.7 Å². The molecule has 2 N–H and O–H groups in total. The predicted molar refractivity (Wildman–Crippen MR) is 94.5 cm³/mol. The minimum atomic E-state index is -0.137. The van der Waals surface area contributed by atoms with Gasteiger partial charge in [0.25, 0.3) is 0 Å². The van der Waals surface area contributed by atoms with Crippen LogP contribution in [0.2, 0.25) is 0 Å². The first-order valence-corrected chi connectivity index (χ1v) is 8.72. The SMILES string of the molecule is CC(C)c1cnnn1-c1cccc(NC(=O)NC2CCCCC2)c1. The molecule has 1 aliphatic rings. The molecule has 1 aromatic carbocycles. The highest BCUT2D eigenvalue weighted by atomic mass is 16.2. The Balaban J connectivity index is 1.68. The highest BCUT2D eigenvalue weighted by Crippen LogP contribution is 2.20. The molecule has 0 saturated heterocycles. The van der Waals surface area contributed by atoms with Gasteiger partial charge in [-0.25, -0.2) is 9.48 Å². The van der Waals surface area contributed by atoms with Crippen molar-refractivity contribution in [2.45, 2.75) is 57.9 Å². The average molecular weight is 327 g/mol. The van der Waals surface area contributed by atoms with Gasteiger partial charge in [-0.2, -0.15) is 0 Å². The van der Waals surface area contributed by atoms with E-state index < -0.39 is 0 Å². The number of hydrogen-bond donors (Lipinski definition) is 2. The Bertz CT molecular complexity index is 688. The summed E-state index contributed by atoms with van der Waals surface area (Å²) in [6.45, 7) is 4.21. The largest absolute Gasteiger partial charge is 0.335 e. The Morgan fingerprint density at radius 1 is 1.25 bits per heavy atom. The molecule has 0 bridgehead atoms. The van der Waals surface area contributed by atoms with Crippen molar-refractivity contribution >= 4 is 11.7 Å². The maximum Gasteiger partial charge on any atom is 0.319 e. The van der Waals surface area contributed by atoms with E-state index in [9.17, 15) is 4.79 Å². The normalized spacial score (nSPS) is 15.5. The first-order valence-electron chi connectivity index (χ1n) is 8.72. The minimum absolute atomic E-state index is 0.137. The summed E-state index contributed by atoms with van der Waals surface area (Å²) in [5.41, 5.74) is 2.69. The molecule has 1 saturated carbocycles.